The van der Waals surface area contributed by atoms with Gasteiger partial charge in [-0.15, -0.1) is 0 Å². The monoisotopic (exact) mass is 322 g/mol. The molecule has 24 heavy (non-hydrogen) atoms. The van der Waals surface area contributed by atoms with Gasteiger partial charge in [-0.3, -0.25) is 4.79 Å². The van der Waals surface area contributed by atoms with Crippen LogP contribution in [0.1, 0.15) is 30.9 Å². The Labute approximate surface area is 144 Å². The lowest BCUT2D eigenvalue weighted by atomic mass is 10.00. The third-order valence-corrected chi connectivity index (χ3v) is 4.73. The minimum Gasteiger partial charge on any atom is -0.368 e. The average Bonchev–Trinajstić information content (AvgIpc) is 2.62. The molecule has 0 saturated carbocycles. The van der Waals surface area contributed by atoms with E-state index in [1.165, 1.54) is 11.3 Å². The zero-order valence-corrected chi connectivity index (χ0v) is 14.6. The van der Waals surface area contributed by atoms with Crippen LogP contribution in [0.25, 0.3) is 0 Å². The summed E-state index contributed by atoms with van der Waals surface area (Å²) in [6, 6.07) is 18.6. The Bertz CT molecular complexity index is 673. The van der Waals surface area contributed by atoms with Gasteiger partial charge in [-0.05, 0) is 23.1 Å². The Balaban J connectivity index is 1.61. The Kier molecular flexibility index (Phi) is 5.19. The highest BCUT2D eigenvalue weighted by Crippen LogP contribution is 2.28. The number of carbonyl (C=O) groups is 1. The standard InChI is InChI=1S/C21H26N2O/c1-17(2)19-10-6-7-11-20(19)22-12-14-23(15-13-22)21(24)16-18-8-4-3-5-9-18/h3-11,17H,12-16H2,1-2H3. The molecule has 1 saturated heterocycles. The van der Waals surface area contributed by atoms with E-state index in [1.807, 2.05) is 35.2 Å². The van der Waals surface area contributed by atoms with Crippen molar-refractivity contribution in [1.29, 1.82) is 0 Å². The van der Waals surface area contributed by atoms with Crippen molar-refractivity contribution >= 4 is 11.6 Å². The van der Waals surface area contributed by atoms with Gasteiger partial charge < -0.3 is 9.80 Å². The highest BCUT2D eigenvalue weighted by Gasteiger charge is 2.22. The summed E-state index contributed by atoms with van der Waals surface area (Å²) < 4.78 is 0. The molecule has 0 aromatic heterocycles. The van der Waals surface area contributed by atoms with Gasteiger partial charge in [0.2, 0.25) is 5.91 Å². The summed E-state index contributed by atoms with van der Waals surface area (Å²) in [6.45, 7) is 7.89. The first kappa shape index (κ1) is 16.6. The van der Waals surface area contributed by atoms with Gasteiger partial charge in [-0.2, -0.15) is 0 Å². The van der Waals surface area contributed by atoms with Crippen molar-refractivity contribution in [3.63, 3.8) is 0 Å². The van der Waals surface area contributed by atoms with E-state index in [1.54, 1.807) is 0 Å². The zero-order valence-electron chi connectivity index (χ0n) is 14.6. The number of benzene rings is 2. The predicted molar refractivity (Wildman–Crippen MR) is 99.5 cm³/mol. The smallest absolute Gasteiger partial charge is 0.227 e. The van der Waals surface area contributed by atoms with E-state index in [2.05, 4.69) is 43.0 Å². The van der Waals surface area contributed by atoms with Crippen molar-refractivity contribution in [2.24, 2.45) is 0 Å². The van der Waals surface area contributed by atoms with E-state index >= 15 is 0 Å². The lowest BCUT2D eigenvalue weighted by molar-refractivity contribution is -0.130. The molecule has 0 unspecified atom stereocenters. The Morgan fingerprint density at radius 3 is 2.21 bits per heavy atom. The van der Waals surface area contributed by atoms with Crippen LogP contribution in [0.4, 0.5) is 5.69 Å². The third kappa shape index (κ3) is 3.78. The largest absolute Gasteiger partial charge is 0.368 e. The molecular weight excluding hydrogens is 296 g/mol. The maximum absolute atomic E-state index is 12.5. The highest BCUT2D eigenvalue weighted by molar-refractivity contribution is 5.79. The molecule has 2 aromatic rings. The number of hydrogen-bond donors (Lipinski definition) is 0. The van der Waals surface area contributed by atoms with Crippen molar-refractivity contribution < 1.29 is 4.79 Å². The zero-order chi connectivity index (χ0) is 16.9. The van der Waals surface area contributed by atoms with Gasteiger partial charge in [0, 0.05) is 31.9 Å². The average molecular weight is 322 g/mol. The minimum atomic E-state index is 0.234. The van der Waals surface area contributed by atoms with Gasteiger partial charge in [-0.25, -0.2) is 0 Å². The molecule has 1 amide bonds. The Morgan fingerprint density at radius 2 is 1.54 bits per heavy atom. The van der Waals surface area contributed by atoms with E-state index < -0.39 is 0 Å². The normalized spacial score (nSPS) is 15.0. The third-order valence-electron chi connectivity index (χ3n) is 4.73. The van der Waals surface area contributed by atoms with E-state index in [-0.39, 0.29) is 5.91 Å². The molecule has 0 radical (unpaired) electrons. The number of carbonyl (C=O) groups excluding carboxylic acids is 1. The Morgan fingerprint density at radius 1 is 0.917 bits per heavy atom. The van der Waals surface area contributed by atoms with Crippen molar-refractivity contribution in [2.75, 3.05) is 31.1 Å². The molecule has 1 heterocycles. The second kappa shape index (κ2) is 7.52. The number of rotatable bonds is 4. The highest BCUT2D eigenvalue weighted by atomic mass is 16.2. The summed E-state index contributed by atoms with van der Waals surface area (Å²) in [6.07, 6.45) is 0.503. The molecule has 1 aliphatic heterocycles. The minimum absolute atomic E-state index is 0.234. The first-order chi connectivity index (χ1) is 11.6. The molecule has 0 N–H and O–H groups in total. The number of nitrogens with zero attached hydrogens (tertiary/aromatic N) is 2. The fourth-order valence-electron chi connectivity index (χ4n) is 3.34. The molecular formula is C21H26N2O. The SMILES string of the molecule is CC(C)c1ccccc1N1CCN(C(=O)Cc2ccccc2)CC1. The van der Waals surface area contributed by atoms with Crippen molar-refractivity contribution in [1.82, 2.24) is 4.90 Å². The summed E-state index contributed by atoms with van der Waals surface area (Å²) in [5, 5.41) is 0. The summed E-state index contributed by atoms with van der Waals surface area (Å²) >= 11 is 0. The second-order valence-corrected chi connectivity index (χ2v) is 6.74. The number of anilines is 1. The lowest BCUT2D eigenvalue weighted by Gasteiger charge is -2.37. The fraction of sp³-hybridized carbons (Fsp3) is 0.381. The number of hydrogen-bond acceptors (Lipinski definition) is 2. The van der Waals surface area contributed by atoms with Crippen LogP contribution < -0.4 is 4.90 Å². The quantitative estimate of drug-likeness (QED) is 0.857. The molecule has 2 aromatic carbocycles. The van der Waals surface area contributed by atoms with Gasteiger partial charge in [0.05, 0.1) is 6.42 Å². The van der Waals surface area contributed by atoms with Gasteiger partial charge in [0.1, 0.15) is 0 Å². The van der Waals surface area contributed by atoms with Crippen molar-refractivity contribution in [3.8, 4) is 0 Å². The summed E-state index contributed by atoms with van der Waals surface area (Å²) in [7, 11) is 0. The molecule has 1 aliphatic rings. The van der Waals surface area contributed by atoms with E-state index in [0.29, 0.717) is 12.3 Å². The predicted octanol–water partition coefficient (Wildman–Crippen LogP) is 3.70. The number of amides is 1. The summed E-state index contributed by atoms with van der Waals surface area (Å²) in [5.74, 6) is 0.747. The van der Waals surface area contributed by atoms with Crippen LogP contribution in [0.5, 0.6) is 0 Å². The van der Waals surface area contributed by atoms with E-state index in [4.69, 9.17) is 0 Å². The maximum atomic E-state index is 12.5. The van der Waals surface area contributed by atoms with E-state index in [9.17, 15) is 4.79 Å². The van der Waals surface area contributed by atoms with Gasteiger partial charge in [0.15, 0.2) is 0 Å². The molecule has 3 rings (SSSR count). The maximum Gasteiger partial charge on any atom is 0.227 e. The molecule has 0 aliphatic carbocycles. The molecule has 1 fully saturated rings. The molecule has 3 nitrogen and oxygen atoms in total. The Hall–Kier alpha value is -2.29. The molecule has 126 valence electrons. The fourth-order valence-corrected chi connectivity index (χ4v) is 3.34. The lowest BCUT2D eigenvalue weighted by Crippen LogP contribution is -2.49. The van der Waals surface area contributed by atoms with Crippen LogP contribution in [-0.2, 0) is 11.2 Å². The summed E-state index contributed by atoms with van der Waals surface area (Å²) in [4.78, 5) is 16.9. The molecule has 0 spiro atoms. The van der Waals surface area contributed by atoms with Crippen LogP contribution >= 0.6 is 0 Å². The molecule has 3 heteroatoms. The molecule has 0 bridgehead atoms. The number of piperazine rings is 1. The van der Waals surface area contributed by atoms with Crippen LogP contribution in [0.3, 0.4) is 0 Å². The van der Waals surface area contributed by atoms with E-state index in [0.717, 1.165) is 31.7 Å². The first-order valence-corrected chi connectivity index (χ1v) is 8.80. The van der Waals surface area contributed by atoms with Crippen LogP contribution in [0, 0.1) is 0 Å². The van der Waals surface area contributed by atoms with Crippen molar-refractivity contribution in [2.45, 2.75) is 26.2 Å². The summed E-state index contributed by atoms with van der Waals surface area (Å²) in [5.41, 5.74) is 3.80. The van der Waals surface area contributed by atoms with Gasteiger partial charge in [-0.1, -0.05) is 62.4 Å². The first-order valence-electron chi connectivity index (χ1n) is 8.80. The van der Waals surface area contributed by atoms with Gasteiger partial charge >= 0.3 is 0 Å². The van der Waals surface area contributed by atoms with Crippen LogP contribution in [0.15, 0.2) is 54.6 Å². The second-order valence-electron chi connectivity index (χ2n) is 6.74. The van der Waals surface area contributed by atoms with Crippen LogP contribution in [0.2, 0.25) is 0 Å². The van der Waals surface area contributed by atoms with Crippen molar-refractivity contribution in [3.05, 3.63) is 65.7 Å². The van der Waals surface area contributed by atoms with Crippen LogP contribution in [-0.4, -0.2) is 37.0 Å². The number of para-hydroxylation sites is 1. The topological polar surface area (TPSA) is 23.6 Å². The van der Waals surface area contributed by atoms with Gasteiger partial charge in [0.25, 0.3) is 0 Å². The molecule has 0 atom stereocenters.